The molecule has 0 aliphatic carbocycles. The Hall–Kier alpha value is -0.630. The molecule has 0 saturated carbocycles. The molecule has 0 unspecified atom stereocenters. The summed E-state index contributed by atoms with van der Waals surface area (Å²) in [6, 6.07) is 1.92. The number of carbonyl (C=O) groups is 1. The zero-order valence-electron chi connectivity index (χ0n) is 5.18. The average Bonchev–Trinajstić information content (AvgIpc) is 2.15. The van der Waals surface area contributed by atoms with Crippen molar-refractivity contribution < 1.29 is 4.79 Å². The van der Waals surface area contributed by atoms with E-state index in [0.29, 0.717) is 6.42 Å². The van der Waals surface area contributed by atoms with E-state index in [1.807, 2.05) is 11.4 Å². The van der Waals surface area contributed by atoms with Crippen LogP contribution in [0.3, 0.4) is 0 Å². The van der Waals surface area contributed by atoms with Crippen LogP contribution in [-0.4, -0.2) is 5.78 Å². The van der Waals surface area contributed by atoms with Gasteiger partial charge in [-0.2, -0.15) is 0 Å². The van der Waals surface area contributed by atoms with Crippen LogP contribution in [0.25, 0.3) is 0 Å². The van der Waals surface area contributed by atoms with Crippen molar-refractivity contribution in [3.8, 4) is 0 Å². The molecule has 0 spiro atoms. The third-order valence-corrected chi connectivity index (χ3v) is 1.62. The molecule has 0 saturated heterocycles. The van der Waals surface area contributed by atoms with E-state index in [1.165, 1.54) is 11.3 Å². The third kappa shape index (κ3) is 1.98. The first-order valence-electron chi connectivity index (χ1n) is 2.72. The summed E-state index contributed by atoms with van der Waals surface area (Å²) in [5.74, 6) is 0.199. The Kier molecular flexibility index (Phi) is 2.01. The van der Waals surface area contributed by atoms with Crippen molar-refractivity contribution >= 4 is 17.1 Å². The van der Waals surface area contributed by atoms with Crippen molar-refractivity contribution in [2.75, 3.05) is 0 Å². The zero-order valence-corrected chi connectivity index (χ0v) is 5.99. The molecular formula is C7H7OS. The summed E-state index contributed by atoms with van der Waals surface area (Å²) in [5, 5.41) is 4.92. The smallest absolute Gasteiger partial charge is 0.134 e. The lowest BCUT2D eigenvalue weighted by Crippen LogP contribution is -1.93. The van der Waals surface area contributed by atoms with Gasteiger partial charge in [0.25, 0.3) is 0 Å². The van der Waals surface area contributed by atoms with E-state index in [9.17, 15) is 4.79 Å². The summed E-state index contributed by atoms with van der Waals surface area (Å²) >= 11 is 1.50. The van der Waals surface area contributed by atoms with E-state index in [-0.39, 0.29) is 5.78 Å². The number of ketones is 1. The summed E-state index contributed by atoms with van der Waals surface area (Å²) in [6.45, 7) is 1.59. The van der Waals surface area contributed by atoms with Crippen molar-refractivity contribution in [3.63, 3.8) is 0 Å². The van der Waals surface area contributed by atoms with Crippen molar-refractivity contribution in [2.24, 2.45) is 0 Å². The lowest BCUT2D eigenvalue weighted by atomic mass is 10.2. The molecule has 0 amide bonds. The highest BCUT2D eigenvalue weighted by Gasteiger charge is 1.95. The molecule has 0 N–H and O–H groups in total. The second-order valence-corrected chi connectivity index (χ2v) is 2.64. The van der Waals surface area contributed by atoms with Crippen LogP contribution in [0, 0.1) is 5.38 Å². The van der Waals surface area contributed by atoms with E-state index >= 15 is 0 Å². The van der Waals surface area contributed by atoms with Gasteiger partial charge in [-0.15, -0.1) is 11.3 Å². The quantitative estimate of drug-likeness (QED) is 0.609. The Labute approximate surface area is 58.3 Å². The van der Waals surface area contributed by atoms with E-state index in [1.54, 1.807) is 6.92 Å². The molecule has 1 heterocycles. The first kappa shape index (κ1) is 6.49. The molecule has 2 heteroatoms. The maximum absolute atomic E-state index is 10.5. The summed E-state index contributed by atoms with van der Waals surface area (Å²) in [7, 11) is 0. The minimum Gasteiger partial charge on any atom is -0.300 e. The Bertz CT molecular complexity index is 189. The summed E-state index contributed by atoms with van der Waals surface area (Å²) < 4.78 is 0. The monoisotopic (exact) mass is 139 g/mol. The lowest BCUT2D eigenvalue weighted by Gasteiger charge is -1.85. The highest BCUT2D eigenvalue weighted by molar-refractivity contribution is 7.07. The first-order valence-corrected chi connectivity index (χ1v) is 3.60. The number of hydrogen-bond acceptors (Lipinski definition) is 2. The van der Waals surface area contributed by atoms with Gasteiger partial charge in [0.05, 0.1) is 0 Å². The SMILES string of the molecule is CC(=O)Cc1[c]scc1. The molecule has 1 rings (SSSR count). The number of rotatable bonds is 2. The minimum absolute atomic E-state index is 0.199. The number of Topliss-reactive ketones (excluding diaryl/α,β-unsaturated/α-hetero) is 1. The van der Waals surface area contributed by atoms with Gasteiger partial charge in [-0.25, -0.2) is 0 Å². The fourth-order valence-electron chi connectivity index (χ4n) is 0.623. The number of thiophene rings is 1. The highest BCUT2D eigenvalue weighted by atomic mass is 32.1. The molecule has 1 aromatic heterocycles. The summed E-state index contributed by atoms with van der Waals surface area (Å²) in [6.07, 6.45) is 0.531. The highest BCUT2D eigenvalue weighted by Crippen LogP contribution is 2.04. The van der Waals surface area contributed by atoms with Gasteiger partial charge in [0.15, 0.2) is 0 Å². The molecule has 9 heavy (non-hydrogen) atoms. The molecule has 0 aromatic carbocycles. The van der Waals surface area contributed by atoms with Crippen LogP contribution in [0.1, 0.15) is 12.5 Å². The Morgan fingerprint density at radius 3 is 3.11 bits per heavy atom. The fourth-order valence-corrected chi connectivity index (χ4v) is 1.22. The van der Waals surface area contributed by atoms with Gasteiger partial charge >= 0.3 is 0 Å². The van der Waals surface area contributed by atoms with Crippen LogP contribution in [0.4, 0.5) is 0 Å². The van der Waals surface area contributed by atoms with Gasteiger partial charge in [0, 0.05) is 11.8 Å². The normalized spacial score (nSPS) is 9.44. The third-order valence-electron chi connectivity index (χ3n) is 0.967. The molecule has 0 aliphatic rings. The van der Waals surface area contributed by atoms with Crippen molar-refractivity contribution in [1.29, 1.82) is 0 Å². The Balaban J connectivity index is 2.58. The summed E-state index contributed by atoms with van der Waals surface area (Å²) in [4.78, 5) is 10.5. The molecule has 0 bridgehead atoms. The van der Waals surface area contributed by atoms with E-state index in [0.717, 1.165) is 5.56 Å². The molecule has 0 fully saturated rings. The average molecular weight is 139 g/mol. The maximum atomic E-state index is 10.5. The molecular weight excluding hydrogens is 132 g/mol. The van der Waals surface area contributed by atoms with E-state index in [2.05, 4.69) is 5.38 Å². The Morgan fingerprint density at radius 1 is 1.89 bits per heavy atom. The molecule has 1 nitrogen and oxygen atoms in total. The van der Waals surface area contributed by atoms with Crippen molar-refractivity contribution in [3.05, 3.63) is 22.4 Å². The molecule has 0 atom stereocenters. The molecule has 47 valence electrons. The zero-order chi connectivity index (χ0) is 6.69. The van der Waals surface area contributed by atoms with Crippen LogP contribution in [-0.2, 0) is 11.2 Å². The predicted molar refractivity (Wildman–Crippen MR) is 37.5 cm³/mol. The van der Waals surface area contributed by atoms with E-state index < -0.39 is 0 Å². The number of hydrogen-bond donors (Lipinski definition) is 0. The predicted octanol–water partition coefficient (Wildman–Crippen LogP) is 1.68. The topological polar surface area (TPSA) is 17.1 Å². The van der Waals surface area contributed by atoms with Gasteiger partial charge in [0.1, 0.15) is 5.78 Å². The van der Waals surface area contributed by atoms with Crippen LogP contribution in [0.5, 0.6) is 0 Å². The first-order chi connectivity index (χ1) is 4.29. The number of carbonyl (C=O) groups excluding carboxylic acids is 1. The second-order valence-electron chi connectivity index (χ2n) is 1.93. The molecule has 0 aliphatic heterocycles. The van der Waals surface area contributed by atoms with Gasteiger partial charge in [-0.1, -0.05) is 0 Å². The van der Waals surface area contributed by atoms with Crippen LogP contribution in [0.2, 0.25) is 0 Å². The van der Waals surface area contributed by atoms with Crippen LogP contribution >= 0.6 is 11.3 Å². The van der Waals surface area contributed by atoms with E-state index in [4.69, 9.17) is 0 Å². The molecule has 1 aromatic rings. The largest absolute Gasteiger partial charge is 0.300 e. The van der Waals surface area contributed by atoms with Crippen molar-refractivity contribution in [1.82, 2.24) is 0 Å². The van der Waals surface area contributed by atoms with Gasteiger partial charge in [-0.05, 0) is 23.9 Å². The Morgan fingerprint density at radius 2 is 2.67 bits per heavy atom. The lowest BCUT2D eigenvalue weighted by molar-refractivity contribution is -0.116. The second kappa shape index (κ2) is 2.78. The summed E-state index contributed by atoms with van der Waals surface area (Å²) in [5.41, 5.74) is 1.01. The standard InChI is InChI=1S/C7H7OS/c1-6(8)4-7-2-3-9-5-7/h2-3H,4H2,1H3. The maximum Gasteiger partial charge on any atom is 0.134 e. The van der Waals surface area contributed by atoms with Gasteiger partial charge < -0.3 is 0 Å². The van der Waals surface area contributed by atoms with Crippen LogP contribution < -0.4 is 0 Å². The molecule has 1 radical (unpaired) electrons. The van der Waals surface area contributed by atoms with Gasteiger partial charge in [0.2, 0.25) is 0 Å². The minimum atomic E-state index is 0.199. The van der Waals surface area contributed by atoms with Gasteiger partial charge in [-0.3, -0.25) is 4.79 Å². The van der Waals surface area contributed by atoms with Crippen LogP contribution in [0.15, 0.2) is 11.4 Å². The fraction of sp³-hybridized carbons (Fsp3) is 0.286. The van der Waals surface area contributed by atoms with Crippen molar-refractivity contribution in [2.45, 2.75) is 13.3 Å².